The standard InChI is InChI=1S/C12H18N2O2S2/c1-8-2-5-12(17-8)18(15,16)14-11-6-9-3-4-10(7-11)13-9/h2,5,9-11,13-14H,3-4,6-7H2,1H3. The maximum absolute atomic E-state index is 12.2. The minimum Gasteiger partial charge on any atom is -0.311 e. The van der Waals surface area contributed by atoms with Gasteiger partial charge in [-0.3, -0.25) is 0 Å². The summed E-state index contributed by atoms with van der Waals surface area (Å²) in [5, 5.41) is 3.52. The summed E-state index contributed by atoms with van der Waals surface area (Å²) in [4.78, 5) is 1.03. The highest BCUT2D eigenvalue weighted by Crippen LogP contribution is 2.28. The Bertz CT molecular complexity index is 526. The molecule has 0 spiro atoms. The fraction of sp³-hybridized carbons (Fsp3) is 0.667. The monoisotopic (exact) mass is 286 g/mol. The zero-order valence-corrected chi connectivity index (χ0v) is 12.0. The van der Waals surface area contributed by atoms with Gasteiger partial charge >= 0.3 is 0 Å². The number of thiophene rings is 1. The molecule has 2 atom stereocenters. The predicted molar refractivity (Wildman–Crippen MR) is 72.3 cm³/mol. The fourth-order valence-corrected chi connectivity index (χ4v) is 5.55. The Labute approximate surface area is 112 Å². The molecule has 0 radical (unpaired) electrons. The van der Waals surface area contributed by atoms with E-state index in [4.69, 9.17) is 0 Å². The van der Waals surface area contributed by atoms with Crippen molar-refractivity contribution in [1.82, 2.24) is 10.0 Å². The van der Waals surface area contributed by atoms with Gasteiger partial charge < -0.3 is 5.32 Å². The zero-order chi connectivity index (χ0) is 12.8. The minimum absolute atomic E-state index is 0.0937. The maximum atomic E-state index is 12.2. The highest BCUT2D eigenvalue weighted by Gasteiger charge is 2.35. The Morgan fingerprint density at radius 3 is 2.50 bits per heavy atom. The molecule has 3 heterocycles. The number of fused-ring (bicyclic) bond motifs is 2. The van der Waals surface area contributed by atoms with Gasteiger partial charge in [0.1, 0.15) is 4.21 Å². The molecule has 2 fully saturated rings. The lowest BCUT2D eigenvalue weighted by Crippen LogP contribution is -2.47. The van der Waals surface area contributed by atoms with E-state index in [1.54, 1.807) is 6.07 Å². The zero-order valence-electron chi connectivity index (χ0n) is 10.3. The SMILES string of the molecule is Cc1ccc(S(=O)(=O)NC2CC3CCC(C2)N3)s1. The van der Waals surface area contributed by atoms with Crippen LogP contribution < -0.4 is 10.0 Å². The van der Waals surface area contributed by atoms with E-state index in [0.717, 1.165) is 17.7 Å². The van der Waals surface area contributed by atoms with Crippen LogP contribution in [0.2, 0.25) is 0 Å². The summed E-state index contributed by atoms with van der Waals surface area (Å²) >= 11 is 1.33. The van der Waals surface area contributed by atoms with Crippen LogP contribution in [-0.4, -0.2) is 26.5 Å². The molecule has 0 amide bonds. The van der Waals surface area contributed by atoms with E-state index < -0.39 is 10.0 Å². The molecule has 2 aliphatic heterocycles. The third-order valence-corrected chi connectivity index (χ3v) is 6.79. The van der Waals surface area contributed by atoms with Crippen molar-refractivity contribution in [3.8, 4) is 0 Å². The molecule has 0 aliphatic carbocycles. The largest absolute Gasteiger partial charge is 0.311 e. The lowest BCUT2D eigenvalue weighted by atomic mass is 10.0. The van der Waals surface area contributed by atoms with Crippen molar-refractivity contribution in [2.75, 3.05) is 0 Å². The van der Waals surface area contributed by atoms with Gasteiger partial charge in [0.25, 0.3) is 0 Å². The summed E-state index contributed by atoms with van der Waals surface area (Å²) in [5.74, 6) is 0. The van der Waals surface area contributed by atoms with Crippen LogP contribution in [0.3, 0.4) is 0 Å². The van der Waals surface area contributed by atoms with Gasteiger partial charge in [0.05, 0.1) is 0 Å². The van der Waals surface area contributed by atoms with Crippen molar-refractivity contribution in [3.05, 3.63) is 17.0 Å². The third-order valence-electron chi connectivity index (χ3n) is 3.78. The first kappa shape index (κ1) is 12.6. The van der Waals surface area contributed by atoms with Crippen LogP contribution in [0.15, 0.2) is 16.3 Å². The Kier molecular flexibility index (Phi) is 3.21. The van der Waals surface area contributed by atoms with Crippen LogP contribution in [-0.2, 0) is 10.0 Å². The van der Waals surface area contributed by atoms with Gasteiger partial charge in [-0.1, -0.05) is 0 Å². The number of piperidine rings is 1. The van der Waals surface area contributed by atoms with E-state index in [2.05, 4.69) is 10.0 Å². The topological polar surface area (TPSA) is 58.2 Å². The number of nitrogens with one attached hydrogen (secondary N) is 2. The number of rotatable bonds is 3. The lowest BCUT2D eigenvalue weighted by molar-refractivity contribution is 0.345. The molecule has 2 aliphatic rings. The molecule has 1 aromatic heterocycles. The second-order valence-electron chi connectivity index (χ2n) is 5.29. The summed E-state index contributed by atoms with van der Waals surface area (Å²) in [6, 6.07) is 4.64. The summed E-state index contributed by atoms with van der Waals surface area (Å²) in [7, 11) is -3.32. The first-order valence-electron chi connectivity index (χ1n) is 6.38. The molecule has 2 saturated heterocycles. The van der Waals surface area contributed by atoms with Crippen LogP contribution in [0.25, 0.3) is 0 Å². The van der Waals surface area contributed by atoms with Crippen molar-refractivity contribution in [2.45, 2.75) is 54.9 Å². The molecular formula is C12H18N2O2S2. The Morgan fingerprint density at radius 2 is 1.94 bits per heavy atom. The molecule has 6 heteroatoms. The summed E-state index contributed by atoms with van der Waals surface area (Å²) in [6.07, 6.45) is 4.20. The molecule has 2 unspecified atom stereocenters. The lowest BCUT2D eigenvalue weighted by Gasteiger charge is -2.29. The van der Waals surface area contributed by atoms with E-state index in [-0.39, 0.29) is 6.04 Å². The molecule has 3 rings (SSSR count). The van der Waals surface area contributed by atoms with Crippen molar-refractivity contribution < 1.29 is 8.42 Å². The van der Waals surface area contributed by atoms with Crippen LogP contribution in [0.5, 0.6) is 0 Å². The second-order valence-corrected chi connectivity index (χ2v) is 8.52. The van der Waals surface area contributed by atoms with Gasteiger partial charge in [0.2, 0.25) is 10.0 Å². The number of sulfonamides is 1. The highest BCUT2D eigenvalue weighted by molar-refractivity contribution is 7.91. The van der Waals surface area contributed by atoms with E-state index >= 15 is 0 Å². The van der Waals surface area contributed by atoms with Crippen molar-refractivity contribution in [1.29, 1.82) is 0 Å². The van der Waals surface area contributed by atoms with Crippen molar-refractivity contribution in [2.24, 2.45) is 0 Å². The molecule has 100 valence electrons. The molecule has 0 saturated carbocycles. The van der Waals surface area contributed by atoms with Crippen LogP contribution >= 0.6 is 11.3 Å². The van der Waals surface area contributed by atoms with Gasteiger partial charge in [-0.05, 0) is 44.7 Å². The third kappa shape index (κ3) is 2.47. The number of hydrogen-bond donors (Lipinski definition) is 2. The quantitative estimate of drug-likeness (QED) is 0.887. The molecule has 1 aromatic rings. The average molecular weight is 286 g/mol. The first-order chi connectivity index (χ1) is 8.53. The minimum atomic E-state index is -3.32. The van der Waals surface area contributed by atoms with Crippen LogP contribution in [0.4, 0.5) is 0 Å². The molecule has 18 heavy (non-hydrogen) atoms. The van der Waals surface area contributed by atoms with Gasteiger partial charge in [0, 0.05) is 23.0 Å². The van der Waals surface area contributed by atoms with Crippen molar-refractivity contribution in [3.63, 3.8) is 0 Å². The fourth-order valence-electron chi connectivity index (χ4n) is 2.99. The van der Waals surface area contributed by atoms with E-state index in [1.165, 1.54) is 24.2 Å². The predicted octanol–water partition coefficient (Wildman–Crippen LogP) is 1.62. The second kappa shape index (κ2) is 4.59. The highest BCUT2D eigenvalue weighted by atomic mass is 32.2. The Balaban J connectivity index is 1.72. The average Bonchev–Trinajstić information content (AvgIpc) is 2.85. The molecule has 2 N–H and O–H groups in total. The molecular weight excluding hydrogens is 268 g/mol. The van der Waals surface area contributed by atoms with E-state index in [9.17, 15) is 8.42 Å². The van der Waals surface area contributed by atoms with Gasteiger partial charge in [0.15, 0.2) is 0 Å². The first-order valence-corrected chi connectivity index (χ1v) is 8.68. The molecule has 2 bridgehead atoms. The number of hydrogen-bond acceptors (Lipinski definition) is 4. The van der Waals surface area contributed by atoms with Crippen LogP contribution in [0.1, 0.15) is 30.6 Å². The Morgan fingerprint density at radius 1 is 1.28 bits per heavy atom. The summed E-state index contributed by atoms with van der Waals surface area (Å²) in [6.45, 7) is 1.93. The summed E-state index contributed by atoms with van der Waals surface area (Å²) in [5.41, 5.74) is 0. The van der Waals surface area contributed by atoms with E-state index in [0.29, 0.717) is 16.3 Å². The molecule has 4 nitrogen and oxygen atoms in total. The van der Waals surface area contributed by atoms with Gasteiger partial charge in [-0.2, -0.15) is 0 Å². The van der Waals surface area contributed by atoms with Gasteiger partial charge in [-0.25, -0.2) is 13.1 Å². The number of aryl methyl sites for hydroxylation is 1. The van der Waals surface area contributed by atoms with Crippen LogP contribution in [0, 0.1) is 6.92 Å². The maximum Gasteiger partial charge on any atom is 0.250 e. The Hall–Kier alpha value is -0.430. The van der Waals surface area contributed by atoms with Crippen molar-refractivity contribution >= 4 is 21.4 Å². The summed E-state index contributed by atoms with van der Waals surface area (Å²) < 4.78 is 27.8. The normalized spacial score (nSPS) is 31.7. The molecule has 0 aromatic carbocycles. The van der Waals surface area contributed by atoms with E-state index in [1.807, 2.05) is 13.0 Å². The van der Waals surface area contributed by atoms with Gasteiger partial charge in [-0.15, -0.1) is 11.3 Å². The smallest absolute Gasteiger partial charge is 0.250 e.